The van der Waals surface area contributed by atoms with Crippen molar-refractivity contribution in [3.63, 3.8) is 0 Å². The zero-order valence-electron chi connectivity index (χ0n) is 14.7. The number of nitrogens with one attached hydrogen (secondary N) is 2. The number of ether oxygens (including phenoxy) is 1. The van der Waals surface area contributed by atoms with E-state index < -0.39 is 0 Å². The van der Waals surface area contributed by atoms with Gasteiger partial charge in [-0.25, -0.2) is 4.98 Å². The number of rotatable bonds is 5. The molecule has 0 unspecified atom stereocenters. The number of aromatic nitrogens is 2. The van der Waals surface area contributed by atoms with Gasteiger partial charge in [-0.1, -0.05) is 12.1 Å². The lowest BCUT2D eigenvalue weighted by Gasteiger charge is -2.24. The minimum Gasteiger partial charge on any atom is -0.497 e. The van der Waals surface area contributed by atoms with Crippen molar-refractivity contribution in [1.82, 2.24) is 14.9 Å². The van der Waals surface area contributed by atoms with Crippen LogP contribution in [0.1, 0.15) is 12.7 Å². The number of hydrogen-bond donors (Lipinski definition) is 2. The summed E-state index contributed by atoms with van der Waals surface area (Å²) in [7, 11) is 1.63. The average molecular weight is 368 g/mol. The lowest BCUT2D eigenvalue weighted by molar-refractivity contribution is 0.415. The van der Waals surface area contributed by atoms with E-state index in [2.05, 4.69) is 15.3 Å². The van der Waals surface area contributed by atoms with Gasteiger partial charge in [-0.2, -0.15) is 0 Å². The van der Waals surface area contributed by atoms with Crippen LogP contribution in [0.25, 0.3) is 10.9 Å². The van der Waals surface area contributed by atoms with Gasteiger partial charge in [0.1, 0.15) is 11.6 Å². The summed E-state index contributed by atoms with van der Waals surface area (Å²) in [6.07, 6.45) is 0. The number of hydrogen-bond acceptors (Lipinski definition) is 4. The van der Waals surface area contributed by atoms with Crippen LogP contribution in [-0.4, -0.2) is 33.6 Å². The molecular formula is C19H20N4O2S. The van der Waals surface area contributed by atoms with Crippen molar-refractivity contribution in [3.05, 3.63) is 64.7 Å². The van der Waals surface area contributed by atoms with E-state index in [9.17, 15) is 4.79 Å². The molecule has 1 aromatic heterocycles. The zero-order valence-corrected chi connectivity index (χ0v) is 15.5. The maximum Gasteiger partial charge on any atom is 0.258 e. The number of H-pyrrole nitrogens is 1. The third kappa shape index (κ3) is 4.00. The van der Waals surface area contributed by atoms with Crippen molar-refractivity contribution >= 4 is 33.9 Å². The summed E-state index contributed by atoms with van der Waals surface area (Å²) in [4.78, 5) is 21.5. The topological polar surface area (TPSA) is 70.2 Å². The Morgan fingerprint density at radius 3 is 2.65 bits per heavy atom. The minimum absolute atomic E-state index is 0.143. The van der Waals surface area contributed by atoms with E-state index in [1.807, 2.05) is 54.3 Å². The van der Waals surface area contributed by atoms with Gasteiger partial charge in [0.15, 0.2) is 5.11 Å². The van der Waals surface area contributed by atoms with Crippen LogP contribution in [0.2, 0.25) is 0 Å². The van der Waals surface area contributed by atoms with Crippen molar-refractivity contribution in [2.75, 3.05) is 19.0 Å². The summed E-state index contributed by atoms with van der Waals surface area (Å²) >= 11 is 5.51. The Balaban J connectivity index is 1.76. The number of nitrogens with zero attached hydrogens (tertiary/aromatic N) is 2. The molecule has 3 rings (SSSR count). The molecule has 7 heteroatoms. The lowest BCUT2D eigenvalue weighted by Crippen LogP contribution is -2.35. The molecular weight excluding hydrogens is 348 g/mol. The van der Waals surface area contributed by atoms with Gasteiger partial charge in [0.25, 0.3) is 5.56 Å². The smallest absolute Gasteiger partial charge is 0.258 e. The Kier molecular flexibility index (Phi) is 5.48. The van der Waals surface area contributed by atoms with Crippen LogP contribution in [0, 0.1) is 0 Å². The van der Waals surface area contributed by atoms with Crippen molar-refractivity contribution in [1.29, 1.82) is 0 Å². The van der Waals surface area contributed by atoms with Crippen LogP contribution in [0.5, 0.6) is 5.75 Å². The van der Waals surface area contributed by atoms with Crippen LogP contribution in [-0.2, 0) is 6.54 Å². The molecule has 3 aromatic rings. The molecule has 0 atom stereocenters. The zero-order chi connectivity index (χ0) is 18.5. The summed E-state index contributed by atoms with van der Waals surface area (Å²) in [6.45, 7) is 3.10. The number of aromatic amines is 1. The Hall–Kier alpha value is -2.93. The Morgan fingerprint density at radius 2 is 1.96 bits per heavy atom. The molecule has 0 aliphatic carbocycles. The van der Waals surface area contributed by atoms with Gasteiger partial charge in [0.05, 0.1) is 24.6 Å². The van der Waals surface area contributed by atoms with Gasteiger partial charge in [0.2, 0.25) is 0 Å². The molecule has 1 heterocycles. The number of methoxy groups -OCH3 is 1. The summed E-state index contributed by atoms with van der Waals surface area (Å²) in [5.41, 5.74) is 1.40. The normalized spacial score (nSPS) is 10.5. The molecule has 134 valence electrons. The first-order valence-corrected chi connectivity index (χ1v) is 8.69. The van der Waals surface area contributed by atoms with Gasteiger partial charge in [-0.3, -0.25) is 4.79 Å². The molecule has 0 spiro atoms. The molecule has 0 fully saturated rings. The fourth-order valence-corrected chi connectivity index (χ4v) is 2.91. The third-order valence-electron chi connectivity index (χ3n) is 4.01. The highest BCUT2D eigenvalue weighted by Gasteiger charge is 2.11. The van der Waals surface area contributed by atoms with Crippen molar-refractivity contribution in [2.45, 2.75) is 13.5 Å². The van der Waals surface area contributed by atoms with Crippen molar-refractivity contribution in [3.8, 4) is 5.75 Å². The predicted octanol–water partition coefficient (Wildman–Crippen LogP) is 3.15. The van der Waals surface area contributed by atoms with Crippen LogP contribution in [0.3, 0.4) is 0 Å². The summed E-state index contributed by atoms with van der Waals surface area (Å²) in [5.74, 6) is 1.36. The lowest BCUT2D eigenvalue weighted by atomic mass is 10.2. The number of fused-ring (bicyclic) bond motifs is 1. The number of thiocarbonyl (C=S) groups is 1. The van der Waals surface area contributed by atoms with Crippen molar-refractivity contribution < 1.29 is 4.74 Å². The maximum absolute atomic E-state index is 12.2. The predicted molar refractivity (Wildman–Crippen MR) is 108 cm³/mol. The molecule has 0 saturated carbocycles. The minimum atomic E-state index is -0.143. The molecule has 0 bridgehead atoms. The molecule has 0 aliphatic heterocycles. The third-order valence-corrected chi connectivity index (χ3v) is 4.37. The first-order chi connectivity index (χ1) is 12.6. The SMILES string of the molecule is CCN(Cc1nc2ccccc2c(=O)[nH]1)C(=S)Nc1ccc(OC)cc1. The molecule has 2 N–H and O–H groups in total. The second-order valence-electron chi connectivity index (χ2n) is 5.70. The fraction of sp³-hybridized carbons (Fsp3) is 0.211. The summed E-state index contributed by atoms with van der Waals surface area (Å²) < 4.78 is 5.16. The van der Waals surface area contributed by atoms with E-state index in [4.69, 9.17) is 17.0 Å². The molecule has 0 amide bonds. The maximum atomic E-state index is 12.2. The van der Waals surface area contributed by atoms with Gasteiger partial charge in [-0.15, -0.1) is 0 Å². The number of benzene rings is 2. The van der Waals surface area contributed by atoms with Gasteiger partial charge >= 0.3 is 0 Å². The molecule has 0 aliphatic rings. The van der Waals surface area contributed by atoms with Crippen LogP contribution in [0.4, 0.5) is 5.69 Å². The van der Waals surface area contributed by atoms with Gasteiger partial charge in [0, 0.05) is 12.2 Å². The highest BCUT2D eigenvalue weighted by Crippen LogP contribution is 2.16. The number of anilines is 1. The Labute approximate surface area is 156 Å². The average Bonchev–Trinajstić information content (AvgIpc) is 2.66. The quantitative estimate of drug-likeness (QED) is 0.674. The summed E-state index contributed by atoms with van der Waals surface area (Å²) in [6, 6.07) is 14.8. The van der Waals surface area contributed by atoms with Crippen LogP contribution >= 0.6 is 12.2 Å². The van der Waals surface area contributed by atoms with Gasteiger partial charge < -0.3 is 19.9 Å². The second kappa shape index (κ2) is 7.97. The van der Waals surface area contributed by atoms with Crippen LogP contribution in [0.15, 0.2) is 53.3 Å². The van der Waals surface area contributed by atoms with E-state index in [-0.39, 0.29) is 5.56 Å². The van der Waals surface area contributed by atoms with E-state index in [1.165, 1.54) is 0 Å². The fourth-order valence-electron chi connectivity index (χ4n) is 2.59. The molecule has 2 aromatic carbocycles. The first kappa shape index (κ1) is 17.9. The van der Waals surface area contributed by atoms with Gasteiger partial charge in [-0.05, 0) is 55.5 Å². The Bertz CT molecular complexity index is 969. The second-order valence-corrected chi connectivity index (χ2v) is 6.09. The first-order valence-electron chi connectivity index (χ1n) is 8.28. The standard InChI is InChI=1S/C19H20N4O2S/c1-3-23(19(26)20-13-8-10-14(25-2)11-9-13)12-17-21-16-7-5-4-6-15(16)18(24)22-17/h4-11H,3,12H2,1-2H3,(H,20,26)(H,21,22,24). The molecule has 26 heavy (non-hydrogen) atoms. The molecule has 6 nitrogen and oxygen atoms in total. The monoisotopic (exact) mass is 368 g/mol. The largest absolute Gasteiger partial charge is 0.497 e. The highest BCUT2D eigenvalue weighted by atomic mass is 32.1. The number of para-hydroxylation sites is 1. The molecule has 0 saturated heterocycles. The molecule has 0 radical (unpaired) electrons. The van der Waals surface area contributed by atoms with Crippen molar-refractivity contribution in [2.24, 2.45) is 0 Å². The highest BCUT2D eigenvalue weighted by molar-refractivity contribution is 7.80. The van der Waals surface area contributed by atoms with E-state index >= 15 is 0 Å². The van der Waals surface area contributed by atoms with Crippen LogP contribution < -0.4 is 15.6 Å². The van der Waals surface area contributed by atoms with E-state index in [0.717, 1.165) is 11.4 Å². The van der Waals surface area contributed by atoms with E-state index in [1.54, 1.807) is 13.2 Å². The summed E-state index contributed by atoms with van der Waals surface area (Å²) in [5, 5.41) is 4.34. The Morgan fingerprint density at radius 1 is 1.23 bits per heavy atom. The van der Waals surface area contributed by atoms with E-state index in [0.29, 0.717) is 34.9 Å².